The van der Waals surface area contributed by atoms with Crippen molar-refractivity contribution in [2.24, 2.45) is 0 Å². The van der Waals surface area contributed by atoms with Crippen LogP contribution >= 0.6 is 11.8 Å². The Labute approximate surface area is 167 Å². The number of hydrogen-bond acceptors (Lipinski definition) is 5. The third kappa shape index (κ3) is 4.56. The minimum atomic E-state index is -0.303. The molecule has 0 saturated carbocycles. The van der Waals surface area contributed by atoms with Crippen molar-refractivity contribution in [2.75, 3.05) is 12.3 Å². The molecule has 0 bridgehead atoms. The minimum absolute atomic E-state index is 0.0488. The zero-order valence-electron chi connectivity index (χ0n) is 16.1. The molecule has 8 heteroatoms. The second-order valence-electron chi connectivity index (χ2n) is 6.42. The minimum Gasteiger partial charge on any atom is -0.338 e. The van der Waals surface area contributed by atoms with Crippen LogP contribution in [0, 0.1) is 19.7 Å². The van der Waals surface area contributed by atoms with E-state index in [-0.39, 0.29) is 17.5 Å². The van der Waals surface area contributed by atoms with Crippen LogP contribution in [0.3, 0.4) is 0 Å². The maximum Gasteiger partial charge on any atom is 0.233 e. The van der Waals surface area contributed by atoms with Crippen molar-refractivity contribution < 1.29 is 9.18 Å². The van der Waals surface area contributed by atoms with Crippen LogP contribution in [0.15, 0.2) is 47.6 Å². The van der Waals surface area contributed by atoms with Crippen LogP contribution in [-0.2, 0) is 11.3 Å². The number of carbonyl (C=O) groups excluding carboxylic acids is 1. The van der Waals surface area contributed by atoms with E-state index in [9.17, 15) is 9.18 Å². The summed E-state index contributed by atoms with van der Waals surface area (Å²) in [5, 5.41) is 12.5. The molecule has 1 aromatic heterocycles. The molecular formula is C20H22FN5OS. The van der Waals surface area contributed by atoms with Crippen LogP contribution in [0.2, 0.25) is 0 Å². The lowest BCUT2D eigenvalue weighted by Crippen LogP contribution is -2.31. The number of hydrogen-bond donors (Lipinski definition) is 0. The van der Waals surface area contributed by atoms with Crippen molar-refractivity contribution in [1.29, 1.82) is 0 Å². The fourth-order valence-electron chi connectivity index (χ4n) is 2.83. The van der Waals surface area contributed by atoms with E-state index in [1.807, 2.05) is 45.0 Å². The molecule has 1 heterocycles. The molecule has 3 aromatic rings. The van der Waals surface area contributed by atoms with Gasteiger partial charge >= 0.3 is 0 Å². The molecule has 0 radical (unpaired) electrons. The first-order valence-corrected chi connectivity index (χ1v) is 9.98. The Morgan fingerprint density at radius 1 is 1.21 bits per heavy atom. The van der Waals surface area contributed by atoms with Gasteiger partial charge in [-0.05, 0) is 66.1 Å². The number of rotatable bonds is 7. The lowest BCUT2D eigenvalue weighted by Gasteiger charge is -2.20. The van der Waals surface area contributed by atoms with Crippen LogP contribution in [0.4, 0.5) is 4.39 Å². The van der Waals surface area contributed by atoms with Crippen molar-refractivity contribution in [2.45, 2.75) is 32.5 Å². The number of thioether (sulfide) groups is 1. The quantitative estimate of drug-likeness (QED) is 0.569. The molecular weight excluding hydrogens is 377 g/mol. The molecule has 3 rings (SSSR count). The van der Waals surface area contributed by atoms with Gasteiger partial charge in [0.25, 0.3) is 0 Å². The smallest absolute Gasteiger partial charge is 0.233 e. The lowest BCUT2D eigenvalue weighted by molar-refractivity contribution is -0.128. The highest BCUT2D eigenvalue weighted by molar-refractivity contribution is 7.99. The molecule has 6 nitrogen and oxygen atoms in total. The van der Waals surface area contributed by atoms with Gasteiger partial charge < -0.3 is 4.90 Å². The first-order chi connectivity index (χ1) is 13.5. The lowest BCUT2D eigenvalue weighted by atomic mass is 10.1. The Hall–Kier alpha value is -2.74. The monoisotopic (exact) mass is 399 g/mol. The number of halogens is 1. The number of carbonyl (C=O) groups is 1. The fourth-order valence-corrected chi connectivity index (χ4v) is 3.62. The van der Waals surface area contributed by atoms with Gasteiger partial charge in [0, 0.05) is 13.1 Å². The van der Waals surface area contributed by atoms with Gasteiger partial charge in [0.15, 0.2) is 0 Å². The molecule has 0 aliphatic rings. The van der Waals surface area contributed by atoms with Crippen molar-refractivity contribution in [3.63, 3.8) is 0 Å². The van der Waals surface area contributed by atoms with E-state index in [0.29, 0.717) is 18.2 Å². The van der Waals surface area contributed by atoms with Crippen molar-refractivity contribution in [1.82, 2.24) is 25.1 Å². The van der Waals surface area contributed by atoms with Crippen molar-refractivity contribution >= 4 is 17.7 Å². The maximum absolute atomic E-state index is 13.4. The Balaban J connectivity index is 1.69. The van der Waals surface area contributed by atoms with Gasteiger partial charge in [0.2, 0.25) is 11.1 Å². The normalized spacial score (nSPS) is 10.9. The third-order valence-corrected chi connectivity index (χ3v) is 5.47. The summed E-state index contributed by atoms with van der Waals surface area (Å²) >= 11 is 1.29. The predicted octanol–water partition coefficient (Wildman–Crippen LogP) is 3.56. The molecule has 0 atom stereocenters. The number of amides is 1. The average molecular weight is 399 g/mol. The van der Waals surface area contributed by atoms with E-state index in [1.165, 1.54) is 23.9 Å². The zero-order chi connectivity index (χ0) is 20.1. The second-order valence-corrected chi connectivity index (χ2v) is 7.36. The Kier molecular flexibility index (Phi) is 6.41. The molecule has 2 aromatic carbocycles. The summed E-state index contributed by atoms with van der Waals surface area (Å²) in [5.74, 6) is -0.149. The molecule has 28 heavy (non-hydrogen) atoms. The highest BCUT2D eigenvalue weighted by atomic mass is 32.2. The van der Waals surface area contributed by atoms with Crippen molar-refractivity contribution in [3.05, 3.63) is 65.0 Å². The van der Waals surface area contributed by atoms with Gasteiger partial charge in [0.1, 0.15) is 5.82 Å². The van der Waals surface area contributed by atoms with Gasteiger partial charge in [-0.25, -0.2) is 4.39 Å². The van der Waals surface area contributed by atoms with Crippen LogP contribution < -0.4 is 0 Å². The van der Waals surface area contributed by atoms with Crippen molar-refractivity contribution in [3.8, 4) is 5.69 Å². The summed E-state index contributed by atoms with van der Waals surface area (Å²) in [4.78, 5) is 14.3. The molecule has 0 aliphatic heterocycles. The second kappa shape index (κ2) is 8.97. The molecule has 146 valence electrons. The number of nitrogens with zero attached hydrogens (tertiary/aromatic N) is 5. The maximum atomic E-state index is 13.4. The van der Waals surface area contributed by atoms with E-state index in [2.05, 4.69) is 15.5 Å². The topological polar surface area (TPSA) is 63.9 Å². The highest BCUT2D eigenvalue weighted by Crippen LogP contribution is 2.22. The number of aromatic nitrogens is 4. The molecule has 0 aliphatic carbocycles. The summed E-state index contributed by atoms with van der Waals surface area (Å²) in [5.41, 5.74) is 3.89. The van der Waals surface area contributed by atoms with Gasteiger partial charge in [-0.1, -0.05) is 36.0 Å². The first kappa shape index (κ1) is 20.0. The van der Waals surface area contributed by atoms with Crippen LogP contribution in [0.25, 0.3) is 5.69 Å². The molecule has 0 fully saturated rings. The highest BCUT2D eigenvalue weighted by Gasteiger charge is 2.17. The van der Waals surface area contributed by atoms with Gasteiger partial charge in [-0.3, -0.25) is 4.79 Å². The molecule has 0 saturated heterocycles. The SMILES string of the molecule is CCN(Cc1cccc(F)c1)C(=O)CSc1nnnn1-c1cccc(C)c1C. The zero-order valence-corrected chi connectivity index (χ0v) is 16.9. The van der Waals surface area contributed by atoms with E-state index in [0.717, 1.165) is 22.4 Å². The molecule has 0 spiro atoms. The van der Waals surface area contributed by atoms with Gasteiger partial charge in [0.05, 0.1) is 11.4 Å². The summed E-state index contributed by atoms with van der Waals surface area (Å²) in [7, 11) is 0. The summed E-state index contributed by atoms with van der Waals surface area (Å²) < 4.78 is 15.0. The number of benzene rings is 2. The number of aryl methyl sites for hydroxylation is 1. The standard InChI is InChI=1S/C20H22FN5OS/c1-4-25(12-16-8-6-9-17(21)11-16)19(27)13-28-20-22-23-24-26(20)18-10-5-7-14(2)15(18)3/h5-11H,4,12-13H2,1-3H3. The first-order valence-electron chi connectivity index (χ1n) is 8.99. The van der Waals surface area contributed by atoms with E-state index < -0.39 is 0 Å². The molecule has 1 amide bonds. The van der Waals surface area contributed by atoms with Crippen LogP contribution in [0.1, 0.15) is 23.6 Å². The Morgan fingerprint density at radius 2 is 2.00 bits per heavy atom. The van der Waals surface area contributed by atoms with Gasteiger partial charge in [-0.2, -0.15) is 4.68 Å². The Bertz CT molecular complexity index is 975. The van der Waals surface area contributed by atoms with Crippen LogP contribution in [-0.4, -0.2) is 43.3 Å². The average Bonchev–Trinajstić information content (AvgIpc) is 3.14. The third-order valence-electron chi connectivity index (χ3n) is 4.57. The molecule has 0 N–H and O–H groups in total. The largest absolute Gasteiger partial charge is 0.338 e. The fraction of sp³-hybridized carbons (Fsp3) is 0.300. The molecule has 0 unspecified atom stereocenters. The summed E-state index contributed by atoms with van der Waals surface area (Å²) in [6, 6.07) is 12.2. The van der Waals surface area contributed by atoms with Crippen LogP contribution in [0.5, 0.6) is 0 Å². The van der Waals surface area contributed by atoms with E-state index in [4.69, 9.17) is 0 Å². The number of tetrazole rings is 1. The van der Waals surface area contributed by atoms with Gasteiger partial charge in [-0.15, -0.1) is 5.10 Å². The predicted molar refractivity (Wildman–Crippen MR) is 107 cm³/mol. The summed E-state index contributed by atoms with van der Waals surface area (Å²) in [6.45, 7) is 6.87. The van der Waals surface area contributed by atoms with E-state index in [1.54, 1.807) is 15.6 Å². The Morgan fingerprint density at radius 3 is 2.75 bits per heavy atom. The van der Waals surface area contributed by atoms with E-state index >= 15 is 0 Å². The summed E-state index contributed by atoms with van der Waals surface area (Å²) in [6.07, 6.45) is 0.